The highest BCUT2D eigenvalue weighted by atomic mass is 32.2. The van der Waals surface area contributed by atoms with Gasteiger partial charge in [0.2, 0.25) is 0 Å². The van der Waals surface area contributed by atoms with Gasteiger partial charge >= 0.3 is 6.03 Å². The third-order valence-corrected chi connectivity index (χ3v) is 6.11. The number of carbonyl (C=O) groups excluding carboxylic acids is 2. The molecule has 0 aliphatic rings. The van der Waals surface area contributed by atoms with Crippen molar-refractivity contribution in [2.24, 2.45) is 0 Å². The first kappa shape index (κ1) is 23.4. The van der Waals surface area contributed by atoms with Crippen molar-refractivity contribution in [3.8, 4) is 0 Å². The number of fused-ring (bicyclic) bond motifs is 1. The third kappa shape index (κ3) is 6.17. The SMILES string of the molecule is CC(C)NC(=O)Nc1ccc(CNC(=O)c2ccccc2SCc2cn3ccccc3n2)cc1. The normalized spacial score (nSPS) is 10.9. The molecule has 3 amide bonds. The van der Waals surface area contributed by atoms with E-state index >= 15 is 0 Å². The van der Waals surface area contributed by atoms with Crippen LogP contribution in [0, 0.1) is 0 Å². The van der Waals surface area contributed by atoms with Gasteiger partial charge in [0.15, 0.2) is 0 Å². The van der Waals surface area contributed by atoms with Gasteiger partial charge in [-0.2, -0.15) is 0 Å². The molecule has 0 aliphatic carbocycles. The average molecular weight is 474 g/mol. The molecule has 4 aromatic rings. The highest BCUT2D eigenvalue weighted by Crippen LogP contribution is 2.26. The number of benzene rings is 2. The highest BCUT2D eigenvalue weighted by molar-refractivity contribution is 7.98. The fourth-order valence-corrected chi connectivity index (χ4v) is 4.33. The van der Waals surface area contributed by atoms with E-state index in [0.717, 1.165) is 21.8 Å². The maximum absolute atomic E-state index is 12.9. The molecule has 3 N–H and O–H groups in total. The van der Waals surface area contributed by atoms with Crippen molar-refractivity contribution in [2.45, 2.75) is 37.1 Å². The number of pyridine rings is 1. The Morgan fingerprint density at radius 1 is 1.00 bits per heavy atom. The Kier molecular flexibility index (Phi) is 7.49. The minimum atomic E-state index is -0.242. The van der Waals surface area contributed by atoms with Crippen molar-refractivity contribution in [2.75, 3.05) is 5.32 Å². The molecule has 0 radical (unpaired) electrons. The van der Waals surface area contributed by atoms with Crippen LogP contribution in [0.1, 0.15) is 35.5 Å². The lowest BCUT2D eigenvalue weighted by atomic mass is 10.2. The molecule has 7 nitrogen and oxygen atoms in total. The number of urea groups is 1. The Morgan fingerprint density at radius 2 is 1.76 bits per heavy atom. The molecule has 0 saturated carbocycles. The topological polar surface area (TPSA) is 87.5 Å². The van der Waals surface area contributed by atoms with Gasteiger partial charge in [-0.25, -0.2) is 9.78 Å². The number of carbonyl (C=O) groups is 2. The van der Waals surface area contributed by atoms with E-state index < -0.39 is 0 Å². The summed E-state index contributed by atoms with van der Waals surface area (Å²) in [7, 11) is 0. The van der Waals surface area contributed by atoms with Crippen LogP contribution >= 0.6 is 11.8 Å². The van der Waals surface area contributed by atoms with Crippen LogP contribution in [0.4, 0.5) is 10.5 Å². The van der Waals surface area contributed by atoms with Crippen LogP contribution < -0.4 is 16.0 Å². The molecule has 0 saturated heterocycles. The fourth-order valence-electron chi connectivity index (χ4n) is 3.40. The molecule has 0 atom stereocenters. The quantitative estimate of drug-likeness (QED) is 0.311. The Hall–Kier alpha value is -3.78. The summed E-state index contributed by atoms with van der Waals surface area (Å²) >= 11 is 1.59. The van der Waals surface area contributed by atoms with E-state index in [4.69, 9.17) is 0 Å². The zero-order valence-corrected chi connectivity index (χ0v) is 19.9. The standard InChI is InChI=1S/C26H27N5O2S/c1-18(2)28-26(33)30-20-12-10-19(11-13-20)15-27-25(32)22-7-3-4-8-23(22)34-17-21-16-31-14-6-5-9-24(31)29-21/h3-14,16,18H,15,17H2,1-2H3,(H,27,32)(H2,28,30,33). The molecule has 174 valence electrons. The molecule has 0 aliphatic heterocycles. The third-order valence-electron chi connectivity index (χ3n) is 5.01. The minimum absolute atomic E-state index is 0.0648. The first-order valence-electron chi connectivity index (χ1n) is 11.1. The number of aromatic nitrogens is 2. The summed E-state index contributed by atoms with van der Waals surface area (Å²) in [5.41, 5.74) is 4.15. The second-order valence-corrected chi connectivity index (χ2v) is 9.13. The van der Waals surface area contributed by atoms with Gasteiger partial charge in [0, 0.05) is 41.3 Å². The molecule has 0 unspecified atom stereocenters. The number of anilines is 1. The lowest BCUT2D eigenvalue weighted by Gasteiger charge is -2.11. The number of imidazole rings is 1. The molecule has 4 rings (SSSR count). The van der Waals surface area contributed by atoms with E-state index in [-0.39, 0.29) is 18.0 Å². The molecule has 0 bridgehead atoms. The monoisotopic (exact) mass is 473 g/mol. The van der Waals surface area contributed by atoms with E-state index in [0.29, 0.717) is 23.5 Å². The van der Waals surface area contributed by atoms with Gasteiger partial charge < -0.3 is 20.4 Å². The van der Waals surface area contributed by atoms with Crippen molar-refractivity contribution in [3.63, 3.8) is 0 Å². The van der Waals surface area contributed by atoms with E-state index in [1.54, 1.807) is 11.8 Å². The average Bonchev–Trinajstić information content (AvgIpc) is 3.25. The first-order chi connectivity index (χ1) is 16.5. The number of thioether (sulfide) groups is 1. The predicted molar refractivity (Wildman–Crippen MR) is 136 cm³/mol. The molecule has 2 aromatic heterocycles. The predicted octanol–water partition coefficient (Wildman–Crippen LogP) is 5.09. The van der Waals surface area contributed by atoms with Gasteiger partial charge in [0.05, 0.1) is 11.3 Å². The lowest BCUT2D eigenvalue weighted by molar-refractivity contribution is 0.0948. The summed E-state index contributed by atoms with van der Waals surface area (Å²) in [5, 5.41) is 8.56. The zero-order valence-electron chi connectivity index (χ0n) is 19.1. The first-order valence-corrected chi connectivity index (χ1v) is 12.1. The summed E-state index contributed by atoms with van der Waals surface area (Å²) in [6.45, 7) is 4.20. The molecular weight excluding hydrogens is 446 g/mol. The zero-order chi connectivity index (χ0) is 23.9. The summed E-state index contributed by atoms with van der Waals surface area (Å²) in [5.74, 6) is 0.543. The number of hydrogen-bond acceptors (Lipinski definition) is 4. The number of nitrogens with zero attached hydrogens (tertiary/aromatic N) is 2. The Bertz CT molecular complexity index is 1250. The van der Waals surface area contributed by atoms with Crippen molar-refractivity contribution >= 4 is 35.0 Å². The van der Waals surface area contributed by atoms with E-state index in [9.17, 15) is 9.59 Å². The van der Waals surface area contributed by atoms with Crippen LogP contribution in [-0.2, 0) is 12.3 Å². The van der Waals surface area contributed by atoms with E-state index in [1.165, 1.54) is 0 Å². The smallest absolute Gasteiger partial charge is 0.319 e. The molecule has 2 heterocycles. The molecule has 8 heteroatoms. The van der Waals surface area contributed by atoms with Gasteiger partial charge in [0.1, 0.15) is 5.65 Å². The summed E-state index contributed by atoms with van der Waals surface area (Å²) < 4.78 is 1.99. The maximum Gasteiger partial charge on any atom is 0.319 e. The lowest BCUT2D eigenvalue weighted by Crippen LogP contribution is -2.34. The van der Waals surface area contributed by atoms with E-state index in [1.807, 2.05) is 97.4 Å². The summed E-state index contributed by atoms with van der Waals surface area (Å²) in [4.78, 5) is 30.2. The van der Waals surface area contributed by atoms with Gasteiger partial charge in [-0.15, -0.1) is 11.8 Å². The van der Waals surface area contributed by atoms with Gasteiger partial charge in [-0.05, 0) is 55.8 Å². The number of amides is 3. The second-order valence-electron chi connectivity index (χ2n) is 8.12. The Labute approximate surface area is 203 Å². The van der Waals surface area contributed by atoms with Crippen LogP contribution in [0.25, 0.3) is 5.65 Å². The van der Waals surface area contributed by atoms with Crippen LogP contribution in [0.3, 0.4) is 0 Å². The number of nitrogens with one attached hydrogen (secondary N) is 3. The molecule has 34 heavy (non-hydrogen) atoms. The van der Waals surface area contributed by atoms with E-state index in [2.05, 4.69) is 20.9 Å². The molecular formula is C26H27N5O2S. The van der Waals surface area contributed by atoms with Gasteiger partial charge in [-0.1, -0.05) is 30.3 Å². The fraction of sp³-hybridized carbons (Fsp3) is 0.192. The van der Waals surface area contributed by atoms with Crippen molar-refractivity contribution < 1.29 is 9.59 Å². The van der Waals surface area contributed by atoms with Gasteiger partial charge in [-0.3, -0.25) is 4.79 Å². The van der Waals surface area contributed by atoms with Crippen LogP contribution in [0.2, 0.25) is 0 Å². The maximum atomic E-state index is 12.9. The summed E-state index contributed by atoms with van der Waals surface area (Å²) in [6, 6.07) is 20.7. The highest BCUT2D eigenvalue weighted by Gasteiger charge is 2.12. The van der Waals surface area contributed by atoms with Crippen LogP contribution in [0.15, 0.2) is 84.0 Å². The molecule has 0 fully saturated rings. The van der Waals surface area contributed by atoms with Crippen molar-refractivity contribution in [1.29, 1.82) is 0 Å². The van der Waals surface area contributed by atoms with Crippen LogP contribution in [-0.4, -0.2) is 27.4 Å². The second kappa shape index (κ2) is 10.9. The minimum Gasteiger partial charge on any atom is -0.348 e. The van der Waals surface area contributed by atoms with Gasteiger partial charge in [0.25, 0.3) is 5.91 Å². The Balaban J connectivity index is 1.34. The number of hydrogen-bond donors (Lipinski definition) is 3. The van der Waals surface area contributed by atoms with Crippen LogP contribution in [0.5, 0.6) is 0 Å². The Morgan fingerprint density at radius 3 is 2.53 bits per heavy atom. The van der Waals surface area contributed by atoms with Crippen molar-refractivity contribution in [3.05, 3.63) is 95.9 Å². The largest absolute Gasteiger partial charge is 0.348 e. The summed E-state index contributed by atoms with van der Waals surface area (Å²) in [6.07, 6.45) is 3.98. The number of rotatable bonds is 8. The molecule has 0 spiro atoms. The molecule has 2 aromatic carbocycles. The van der Waals surface area contributed by atoms with Crippen molar-refractivity contribution in [1.82, 2.24) is 20.0 Å².